The van der Waals surface area contributed by atoms with E-state index in [1.165, 1.54) is 0 Å². The van der Waals surface area contributed by atoms with Crippen molar-refractivity contribution >= 4 is 10.0 Å². The molecule has 19 heavy (non-hydrogen) atoms. The number of nitriles is 1. The van der Waals surface area contributed by atoms with E-state index in [-0.39, 0.29) is 12.4 Å². The van der Waals surface area contributed by atoms with E-state index in [4.69, 9.17) is 5.26 Å². The Kier molecular flexibility index (Phi) is 5.06. The van der Waals surface area contributed by atoms with Crippen LogP contribution in [0.4, 0.5) is 0 Å². The number of nitrogens with one attached hydrogen (secondary N) is 1. The van der Waals surface area contributed by atoms with Crippen LogP contribution in [0.1, 0.15) is 31.4 Å². The Morgan fingerprint density at radius 1 is 1.47 bits per heavy atom. The van der Waals surface area contributed by atoms with Gasteiger partial charge in [-0.1, -0.05) is 19.1 Å². The summed E-state index contributed by atoms with van der Waals surface area (Å²) in [4.78, 5) is 0. The van der Waals surface area contributed by atoms with Gasteiger partial charge in [-0.2, -0.15) is 5.26 Å². The van der Waals surface area contributed by atoms with Crippen molar-refractivity contribution in [2.75, 3.05) is 6.61 Å². The highest BCUT2D eigenvalue weighted by atomic mass is 32.2. The van der Waals surface area contributed by atoms with Crippen LogP contribution in [0.15, 0.2) is 24.3 Å². The van der Waals surface area contributed by atoms with Gasteiger partial charge in [0.1, 0.15) is 0 Å². The van der Waals surface area contributed by atoms with Gasteiger partial charge in [0.2, 0.25) is 10.0 Å². The van der Waals surface area contributed by atoms with Crippen LogP contribution in [0.3, 0.4) is 0 Å². The maximum absolute atomic E-state index is 12.0. The first-order chi connectivity index (χ1) is 8.84. The molecule has 0 saturated carbocycles. The Morgan fingerprint density at radius 3 is 2.68 bits per heavy atom. The molecule has 0 aliphatic rings. The third-order valence-corrected chi connectivity index (χ3v) is 4.46. The molecule has 0 aliphatic heterocycles. The summed E-state index contributed by atoms with van der Waals surface area (Å²) in [6.45, 7) is 3.19. The predicted octanol–water partition coefficient (Wildman–Crippen LogP) is 1.14. The Hall–Kier alpha value is -1.42. The molecule has 6 heteroatoms. The van der Waals surface area contributed by atoms with Crippen molar-refractivity contribution < 1.29 is 13.5 Å². The zero-order chi connectivity index (χ0) is 14.5. The van der Waals surface area contributed by atoms with Gasteiger partial charge in [0, 0.05) is 0 Å². The largest absolute Gasteiger partial charge is 0.394 e. The SMILES string of the molecule is CCC(C)(CO)NS(=O)(=O)Cc1cccc(C#N)c1. The average molecular weight is 282 g/mol. The molecule has 1 aromatic rings. The van der Waals surface area contributed by atoms with Gasteiger partial charge in [0.25, 0.3) is 0 Å². The Morgan fingerprint density at radius 2 is 2.16 bits per heavy atom. The summed E-state index contributed by atoms with van der Waals surface area (Å²) < 4.78 is 26.6. The van der Waals surface area contributed by atoms with Gasteiger partial charge in [-0.15, -0.1) is 0 Å². The smallest absolute Gasteiger partial charge is 0.216 e. The summed E-state index contributed by atoms with van der Waals surface area (Å²) in [7, 11) is -3.56. The fourth-order valence-electron chi connectivity index (χ4n) is 1.58. The molecule has 1 aromatic carbocycles. The highest BCUT2D eigenvalue weighted by molar-refractivity contribution is 7.88. The zero-order valence-electron chi connectivity index (χ0n) is 11.0. The second-order valence-electron chi connectivity index (χ2n) is 4.75. The molecule has 0 saturated heterocycles. The molecule has 0 heterocycles. The summed E-state index contributed by atoms with van der Waals surface area (Å²) in [5, 5.41) is 18.0. The molecule has 0 fully saturated rings. The fourth-order valence-corrected chi connectivity index (χ4v) is 3.23. The van der Waals surface area contributed by atoms with E-state index in [0.717, 1.165) is 0 Å². The highest BCUT2D eigenvalue weighted by Gasteiger charge is 2.27. The van der Waals surface area contributed by atoms with Crippen molar-refractivity contribution in [2.24, 2.45) is 0 Å². The maximum atomic E-state index is 12.0. The Bertz CT molecular complexity index is 572. The van der Waals surface area contributed by atoms with Gasteiger partial charge in [-0.05, 0) is 31.0 Å². The standard InChI is InChI=1S/C13H18N2O3S/c1-3-13(2,10-16)15-19(17,18)9-12-6-4-5-11(7-12)8-14/h4-7,15-16H,3,9-10H2,1-2H3. The average Bonchev–Trinajstić information content (AvgIpc) is 2.37. The summed E-state index contributed by atoms with van der Waals surface area (Å²) in [6, 6.07) is 8.43. The molecule has 1 unspecified atom stereocenters. The van der Waals surface area contributed by atoms with Crippen molar-refractivity contribution in [3.63, 3.8) is 0 Å². The minimum absolute atomic E-state index is 0.210. The summed E-state index contributed by atoms with van der Waals surface area (Å²) in [5.74, 6) is -0.210. The van der Waals surface area contributed by atoms with Crippen molar-refractivity contribution in [1.29, 1.82) is 5.26 Å². The minimum Gasteiger partial charge on any atom is -0.394 e. The molecule has 1 rings (SSSR count). The van der Waals surface area contributed by atoms with E-state index in [2.05, 4.69) is 4.72 Å². The van der Waals surface area contributed by atoms with Gasteiger partial charge in [-0.3, -0.25) is 0 Å². The molecule has 1 atom stereocenters. The molecule has 5 nitrogen and oxygen atoms in total. The zero-order valence-corrected chi connectivity index (χ0v) is 11.9. The van der Waals surface area contributed by atoms with Crippen LogP contribution < -0.4 is 4.72 Å². The molecule has 0 amide bonds. The monoisotopic (exact) mass is 282 g/mol. The van der Waals surface area contributed by atoms with Crippen LogP contribution in [0.5, 0.6) is 0 Å². The summed E-state index contributed by atoms with van der Waals surface area (Å²) in [5.41, 5.74) is 0.113. The number of nitrogens with zero attached hydrogens (tertiary/aromatic N) is 1. The normalized spacial score (nSPS) is 14.6. The number of benzene rings is 1. The van der Waals surface area contributed by atoms with Crippen molar-refractivity contribution in [2.45, 2.75) is 31.6 Å². The first-order valence-electron chi connectivity index (χ1n) is 5.96. The topological polar surface area (TPSA) is 90.2 Å². The van der Waals surface area contributed by atoms with Gasteiger partial charge in [0.15, 0.2) is 0 Å². The third-order valence-electron chi connectivity index (χ3n) is 2.94. The molecular formula is C13H18N2O3S. The second kappa shape index (κ2) is 6.15. The van der Waals surface area contributed by atoms with E-state index < -0.39 is 15.6 Å². The first-order valence-corrected chi connectivity index (χ1v) is 7.61. The van der Waals surface area contributed by atoms with Crippen LogP contribution in [0.25, 0.3) is 0 Å². The van der Waals surface area contributed by atoms with Gasteiger partial charge in [0.05, 0.1) is 29.5 Å². The fraction of sp³-hybridized carbons (Fsp3) is 0.462. The third kappa shape index (κ3) is 4.63. The van der Waals surface area contributed by atoms with E-state index >= 15 is 0 Å². The van der Waals surface area contributed by atoms with Crippen molar-refractivity contribution in [1.82, 2.24) is 4.72 Å². The highest BCUT2D eigenvalue weighted by Crippen LogP contribution is 2.13. The lowest BCUT2D eigenvalue weighted by molar-refractivity contribution is 0.191. The van der Waals surface area contributed by atoms with E-state index in [9.17, 15) is 13.5 Å². The van der Waals surface area contributed by atoms with Crippen molar-refractivity contribution in [3.05, 3.63) is 35.4 Å². The van der Waals surface area contributed by atoms with Crippen LogP contribution in [0.2, 0.25) is 0 Å². The van der Waals surface area contributed by atoms with E-state index in [0.29, 0.717) is 17.5 Å². The molecule has 0 bridgehead atoms. The molecule has 0 radical (unpaired) electrons. The van der Waals surface area contributed by atoms with Crippen LogP contribution >= 0.6 is 0 Å². The molecule has 0 aromatic heterocycles. The maximum Gasteiger partial charge on any atom is 0.216 e. The predicted molar refractivity (Wildman–Crippen MR) is 72.7 cm³/mol. The number of hydrogen-bond acceptors (Lipinski definition) is 4. The van der Waals surface area contributed by atoms with Crippen LogP contribution in [-0.4, -0.2) is 25.7 Å². The van der Waals surface area contributed by atoms with E-state index in [1.807, 2.05) is 6.07 Å². The second-order valence-corrected chi connectivity index (χ2v) is 6.47. The van der Waals surface area contributed by atoms with E-state index in [1.54, 1.807) is 38.1 Å². The van der Waals surface area contributed by atoms with Gasteiger partial charge in [-0.25, -0.2) is 13.1 Å². The molecule has 0 spiro atoms. The van der Waals surface area contributed by atoms with Crippen LogP contribution in [-0.2, 0) is 15.8 Å². The van der Waals surface area contributed by atoms with Gasteiger partial charge >= 0.3 is 0 Å². The Balaban J connectivity index is 2.88. The summed E-state index contributed by atoms with van der Waals surface area (Å²) >= 11 is 0. The lowest BCUT2D eigenvalue weighted by Gasteiger charge is -2.26. The Labute approximate surface area is 113 Å². The number of rotatable bonds is 6. The quantitative estimate of drug-likeness (QED) is 0.818. The number of aliphatic hydroxyl groups excluding tert-OH is 1. The van der Waals surface area contributed by atoms with Crippen LogP contribution in [0, 0.1) is 11.3 Å². The molecular weight excluding hydrogens is 264 g/mol. The van der Waals surface area contributed by atoms with Crippen molar-refractivity contribution in [3.8, 4) is 6.07 Å². The minimum atomic E-state index is -3.56. The van der Waals surface area contributed by atoms with Gasteiger partial charge < -0.3 is 5.11 Å². The lowest BCUT2D eigenvalue weighted by Crippen LogP contribution is -2.48. The number of hydrogen-bond donors (Lipinski definition) is 2. The number of sulfonamides is 1. The number of aliphatic hydroxyl groups is 1. The summed E-state index contributed by atoms with van der Waals surface area (Å²) in [6.07, 6.45) is 0.487. The molecule has 2 N–H and O–H groups in total. The molecule has 0 aliphatic carbocycles. The lowest BCUT2D eigenvalue weighted by atomic mass is 10.0. The first kappa shape index (κ1) is 15.6. The molecule has 104 valence electrons.